The Balaban J connectivity index is 1.40. The lowest BCUT2D eigenvalue weighted by Gasteiger charge is -2.35. The molecule has 140 valence electrons. The van der Waals surface area contributed by atoms with Crippen LogP contribution in [0.4, 0.5) is 0 Å². The fourth-order valence-electron chi connectivity index (χ4n) is 3.12. The second kappa shape index (κ2) is 7.25. The van der Waals surface area contributed by atoms with Crippen molar-refractivity contribution >= 4 is 10.0 Å². The van der Waals surface area contributed by atoms with E-state index in [0.717, 1.165) is 17.5 Å². The second-order valence-corrected chi connectivity index (χ2v) is 8.67. The van der Waals surface area contributed by atoms with Crippen LogP contribution in [0.5, 0.6) is 0 Å². The summed E-state index contributed by atoms with van der Waals surface area (Å²) in [6.07, 6.45) is 1.48. The largest absolute Gasteiger partial charge is 0.339 e. The minimum Gasteiger partial charge on any atom is -0.339 e. The highest BCUT2D eigenvalue weighted by atomic mass is 32.2. The van der Waals surface area contributed by atoms with Crippen LogP contribution >= 0.6 is 0 Å². The van der Waals surface area contributed by atoms with Gasteiger partial charge in [-0.05, 0) is 29.7 Å². The molecule has 7 heteroatoms. The minimum absolute atomic E-state index is 0.0493. The Morgan fingerprint density at radius 2 is 1.74 bits per heavy atom. The van der Waals surface area contributed by atoms with Crippen molar-refractivity contribution in [2.24, 2.45) is 0 Å². The summed E-state index contributed by atoms with van der Waals surface area (Å²) in [4.78, 5) is 4.77. The maximum atomic E-state index is 12.7. The van der Waals surface area contributed by atoms with Gasteiger partial charge in [-0.2, -0.15) is 9.29 Å². The quantitative estimate of drug-likeness (QED) is 0.654. The van der Waals surface area contributed by atoms with Gasteiger partial charge < -0.3 is 4.52 Å². The van der Waals surface area contributed by atoms with E-state index in [-0.39, 0.29) is 5.92 Å². The molecule has 3 aromatic rings. The lowest BCUT2D eigenvalue weighted by molar-refractivity contribution is 0.216. The molecule has 4 rings (SSSR count). The Morgan fingerprint density at radius 3 is 2.41 bits per heavy atom. The topological polar surface area (TPSA) is 76.3 Å². The Morgan fingerprint density at radius 1 is 1.04 bits per heavy atom. The number of nitrogens with zero attached hydrogens (tertiary/aromatic N) is 3. The summed E-state index contributed by atoms with van der Waals surface area (Å²) in [6, 6.07) is 17.0. The zero-order valence-corrected chi connectivity index (χ0v) is 15.9. The lowest BCUT2D eigenvalue weighted by Crippen LogP contribution is -2.48. The smallest absolute Gasteiger partial charge is 0.243 e. The third-order valence-corrected chi connectivity index (χ3v) is 6.70. The van der Waals surface area contributed by atoms with Crippen molar-refractivity contribution in [1.82, 2.24) is 14.4 Å². The van der Waals surface area contributed by atoms with Gasteiger partial charge in [0, 0.05) is 19.5 Å². The van der Waals surface area contributed by atoms with Crippen LogP contribution in [-0.2, 0) is 22.9 Å². The molecular weight excluding hydrogens is 362 g/mol. The number of benzene rings is 2. The van der Waals surface area contributed by atoms with Crippen LogP contribution in [0.15, 0.2) is 64.0 Å². The number of aromatic nitrogens is 2. The normalized spacial score (nSPS) is 15.6. The molecule has 0 N–H and O–H groups in total. The van der Waals surface area contributed by atoms with Gasteiger partial charge in [-0.1, -0.05) is 54.5 Å². The molecule has 0 spiro atoms. The summed E-state index contributed by atoms with van der Waals surface area (Å²) in [6.45, 7) is 2.77. The molecule has 0 unspecified atom stereocenters. The van der Waals surface area contributed by atoms with E-state index in [1.54, 1.807) is 12.1 Å². The van der Waals surface area contributed by atoms with E-state index >= 15 is 0 Å². The van der Waals surface area contributed by atoms with E-state index in [4.69, 9.17) is 4.52 Å². The molecule has 1 aromatic heterocycles. The molecule has 1 fully saturated rings. The van der Waals surface area contributed by atoms with Gasteiger partial charge in [-0.15, -0.1) is 0 Å². The van der Waals surface area contributed by atoms with Crippen LogP contribution in [0.3, 0.4) is 0 Å². The van der Waals surface area contributed by atoms with Crippen molar-refractivity contribution in [2.75, 3.05) is 13.1 Å². The van der Waals surface area contributed by atoms with E-state index in [0.29, 0.717) is 36.1 Å². The highest BCUT2D eigenvalue weighted by molar-refractivity contribution is 7.89. The van der Waals surface area contributed by atoms with Crippen molar-refractivity contribution in [3.63, 3.8) is 0 Å². The average Bonchev–Trinajstić information content (AvgIpc) is 3.09. The zero-order chi connectivity index (χ0) is 18.9. The second-order valence-electron chi connectivity index (χ2n) is 6.73. The lowest BCUT2D eigenvalue weighted by atomic mass is 10.0. The number of rotatable bonds is 6. The number of hydrogen-bond acceptors (Lipinski definition) is 5. The Hall–Kier alpha value is -2.51. The summed E-state index contributed by atoms with van der Waals surface area (Å²) < 4.78 is 32.2. The van der Waals surface area contributed by atoms with E-state index in [9.17, 15) is 8.42 Å². The molecule has 0 bridgehead atoms. The van der Waals surface area contributed by atoms with Crippen LogP contribution < -0.4 is 0 Å². The van der Waals surface area contributed by atoms with E-state index in [2.05, 4.69) is 10.1 Å². The first kappa shape index (κ1) is 17.9. The summed E-state index contributed by atoms with van der Waals surface area (Å²) in [7, 11) is -3.47. The molecular formula is C20H21N3O3S. The molecule has 0 saturated carbocycles. The highest BCUT2D eigenvalue weighted by Crippen LogP contribution is 2.31. The molecule has 1 aliphatic rings. The van der Waals surface area contributed by atoms with Gasteiger partial charge >= 0.3 is 0 Å². The molecule has 1 aliphatic heterocycles. The van der Waals surface area contributed by atoms with E-state index in [1.807, 2.05) is 49.4 Å². The number of sulfonamides is 1. The third-order valence-electron chi connectivity index (χ3n) is 4.86. The van der Waals surface area contributed by atoms with Crippen LogP contribution in [0.2, 0.25) is 0 Å². The van der Waals surface area contributed by atoms with Crippen molar-refractivity contribution in [2.45, 2.75) is 30.6 Å². The van der Waals surface area contributed by atoms with Crippen molar-refractivity contribution < 1.29 is 12.9 Å². The molecule has 1 saturated heterocycles. The predicted octanol–water partition coefficient (Wildman–Crippen LogP) is 3.01. The third kappa shape index (κ3) is 3.65. The van der Waals surface area contributed by atoms with Gasteiger partial charge in [-0.3, -0.25) is 0 Å². The van der Waals surface area contributed by atoms with Crippen molar-refractivity contribution in [3.8, 4) is 0 Å². The Kier molecular flexibility index (Phi) is 4.80. The number of aryl methyl sites for hydroxylation is 1. The Bertz CT molecular complexity index is 1010. The zero-order valence-electron chi connectivity index (χ0n) is 15.1. The van der Waals surface area contributed by atoms with Gasteiger partial charge in [0.1, 0.15) is 0 Å². The molecule has 27 heavy (non-hydrogen) atoms. The summed E-state index contributed by atoms with van der Waals surface area (Å²) >= 11 is 0. The fourth-order valence-corrected chi connectivity index (χ4v) is 4.65. The van der Waals surface area contributed by atoms with Crippen molar-refractivity contribution in [1.29, 1.82) is 0 Å². The first-order valence-electron chi connectivity index (χ1n) is 9.01. The fraction of sp³-hybridized carbons (Fsp3) is 0.300. The van der Waals surface area contributed by atoms with Crippen LogP contribution in [0.25, 0.3) is 0 Å². The summed E-state index contributed by atoms with van der Waals surface area (Å²) in [5.41, 5.74) is 2.23. The minimum atomic E-state index is -3.47. The standard InChI is InChI=1S/C20H21N3O3S/c1-2-15-8-10-18(11-9-15)27(24,25)23-13-17(14-23)20-21-19(22-26-20)12-16-6-4-3-5-7-16/h3-11,17H,2,12-14H2,1H3. The summed E-state index contributed by atoms with van der Waals surface area (Å²) in [5, 5.41) is 4.02. The maximum absolute atomic E-state index is 12.7. The molecule has 6 nitrogen and oxygen atoms in total. The van der Waals surface area contributed by atoms with Gasteiger partial charge in [0.2, 0.25) is 15.9 Å². The van der Waals surface area contributed by atoms with E-state index < -0.39 is 10.0 Å². The van der Waals surface area contributed by atoms with Gasteiger partial charge in [-0.25, -0.2) is 8.42 Å². The average molecular weight is 383 g/mol. The SMILES string of the molecule is CCc1ccc(S(=O)(=O)N2CC(c3nc(Cc4ccccc4)no3)C2)cc1. The highest BCUT2D eigenvalue weighted by Gasteiger charge is 2.40. The summed E-state index contributed by atoms with van der Waals surface area (Å²) in [5.74, 6) is 1.08. The van der Waals surface area contributed by atoms with Gasteiger partial charge in [0.25, 0.3) is 0 Å². The van der Waals surface area contributed by atoms with Gasteiger partial charge in [0.05, 0.1) is 10.8 Å². The molecule has 0 radical (unpaired) electrons. The first-order valence-corrected chi connectivity index (χ1v) is 10.5. The molecule has 0 aliphatic carbocycles. The predicted molar refractivity (Wildman–Crippen MR) is 101 cm³/mol. The van der Waals surface area contributed by atoms with Crippen molar-refractivity contribution in [3.05, 3.63) is 77.4 Å². The molecule has 0 amide bonds. The van der Waals surface area contributed by atoms with Crippen LogP contribution in [0.1, 0.15) is 35.7 Å². The molecule has 2 aromatic carbocycles. The van der Waals surface area contributed by atoms with Gasteiger partial charge in [0.15, 0.2) is 5.82 Å². The Labute approximate surface area is 158 Å². The van der Waals surface area contributed by atoms with Crippen LogP contribution in [0, 0.1) is 0 Å². The first-order chi connectivity index (χ1) is 13.1. The monoisotopic (exact) mass is 383 g/mol. The van der Waals surface area contributed by atoms with E-state index in [1.165, 1.54) is 4.31 Å². The van der Waals surface area contributed by atoms with Crippen LogP contribution in [-0.4, -0.2) is 36.0 Å². The molecule has 0 atom stereocenters. The molecule has 2 heterocycles. The maximum Gasteiger partial charge on any atom is 0.243 e. The number of hydrogen-bond donors (Lipinski definition) is 0.